The molecule has 0 saturated heterocycles. The van der Waals surface area contributed by atoms with Gasteiger partial charge in [-0.05, 0) is 70.1 Å². The summed E-state index contributed by atoms with van der Waals surface area (Å²) in [6, 6.07) is 6.92. The highest BCUT2D eigenvalue weighted by Crippen LogP contribution is 2.42. The first-order valence-electron chi connectivity index (χ1n) is 13.4. The third kappa shape index (κ3) is 6.52. The fourth-order valence-corrected chi connectivity index (χ4v) is 4.52. The highest BCUT2D eigenvalue weighted by Gasteiger charge is 2.31. The van der Waals surface area contributed by atoms with Crippen LogP contribution in [0.1, 0.15) is 33.3 Å². The van der Waals surface area contributed by atoms with E-state index in [1.807, 2.05) is 17.8 Å². The largest absolute Gasteiger partial charge is 0.479 e. The molecular weight excluding hydrogens is 546 g/mol. The minimum Gasteiger partial charge on any atom is -0.479 e. The van der Waals surface area contributed by atoms with Crippen LogP contribution in [-0.2, 0) is 21.4 Å². The lowest BCUT2D eigenvalue weighted by atomic mass is 10.0. The molecule has 0 fully saturated rings. The number of hydrogen-bond acceptors (Lipinski definition) is 7. The fourth-order valence-electron chi connectivity index (χ4n) is 4.52. The third-order valence-corrected chi connectivity index (χ3v) is 6.35. The summed E-state index contributed by atoms with van der Waals surface area (Å²) in [5.74, 6) is -2.43. The van der Waals surface area contributed by atoms with E-state index in [0.29, 0.717) is 40.3 Å². The summed E-state index contributed by atoms with van der Waals surface area (Å²) in [4.78, 5) is 30.5. The highest BCUT2D eigenvalue weighted by atomic mass is 19.1. The number of nitrogens with zero attached hydrogens (tertiary/aromatic N) is 2. The van der Waals surface area contributed by atoms with Gasteiger partial charge in [-0.25, -0.2) is 18.6 Å². The maximum atomic E-state index is 14.6. The van der Waals surface area contributed by atoms with Gasteiger partial charge in [0.15, 0.2) is 17.6 Å². The number of anilines is 1. The molecule has 4 rings (SSSR count). The van der Waals surface area contributed by atoms with Crippen molar-refractivity contribution in [2.75, 3.05) is 19.0 Å². The molecule has 2 N–H and O–H groups in total. The van der Waals surface area contributed by atoms with Gasteiger partial charge in [0.05, 0.1) is 7.11 Å². The molecule has 0 saturated carbocycles. The van der Waals surface area contributed by atoms with Crippen LogP contribution < -0.4 is 20.1 Å². The van der Waals surface area contributed by atoms with Crippen molar-refractivity contribution in [2.45, 2.75) is 46.3 Å². The van der Waals surface area contributed by atoms with Gasteiger partial charge >= 0.3 is 5.97 Å². The van der Waals surface area contributed by atoms with Crippen molar-refractivity contribution >= 4 is 28.5 Å². The van der Waals surface area contributed by atoms with Crippen molar-refractivity contribution in [1.29, 1.82) is 0 Å². The number of esters is 1. The summed E-state index contributed by atoms with van der Waals surface area (Å²) in [5, 5.41) is 6.47. The van der Waals surface area contributed by atoms with E-state index in [4.69, 9.17) is 14.2 Å². The van der Waals surface area contributed by atoms with Crippen LogP contribution in [0.3, 0.4) is 0 Å². The first-order valence-corrected chi connectivity index (χ1v) is 13.4. The molecule has 0 aliphatic rings. The average molecular weight is 581 g/mol. The zero-order valence-corrected chi connectivity index (χ0v) is 24.6. The topological polar surface area (TPSA) is 104 Å². The quantitative estimate of drug-likeness (QED) is 0.188. The number of fused-ring (bicyclic) bond motifs is 1. The van der Waals surface area contributed by atoms with Gasteiger partial charge in [0.1, 0.15) is 22.7 Å². The van der Waals surface area contributed by atoms with Crippen molar-refractivity contribution in [3.8, 4) is 28.5 Å². The van der Waals surface area contributed by atoms with E-state index < -0.39 is 35.2 Å². The van der Waals surface area contributed by atoms with Crippen LogP contribution in [0.2, 0.25) is 0 Å². The number of benzene rings is 2. The average Bonchev–Trinajstić information content (AvgIpc) is 3.25. The molecule has 42 heavy (non-hydrogen) atoms. The normalized spacial score (nSPS) is 12.2. The van der Waals surface area contributed by atoms with E-state index >= 15 is 0 Å². The zero-order chi connectivity index (χ0) is 30.8. The second-order valence-corrected chi connectivity index (χ2v) is 10.7. The molecule has 0 aliphatic heterocycles. The number of hydrogen-bond donors (Lipinski definition) is 2. The van der Waals surface area contributed by atoms with Crippen LogP contribution in [-0.4, -0.2) is 46.7 Å². The van der Waals surface area contributed by atoms with Gasteiger partial charge in [-0.15, -0.1) is 0 Å². The summed E-state index contributed by atoms with van der Waals surface area (Å²) in [6.45, 7) is 9.03. The molecule has 1 amide bonds. The zero-order valence-electron chi connectivity index (χ0n) is 24.6. The second-order valence-electron chi connectivity index (χ2n) is 10.7. The third-order valence-electron chi connectivity index (χ3n) is 6.35. The Morgan fingerprint density at radius 1 is 1.07 bits per heavy atom. The van der Waals surface area contributed by atoms with Crippen LogP contribution in [0, 0.1) is 18.6 Å². The van der Waals surface area contributed by atoms with Crippen molar-refractivity contribution in [3.05, 3.63) is 66.0 Å². The molecule has 9 nitrogen and oxygen atoms in total. The Hall–Kier alpha value is -4.51. The summed E-state index contributed by atoms with van der Waals surface area (Å²) in [7, 11) is 3.35. The van der Waals surface area contributed by atoms with Crippen LogP contribution in [0.25, 0.3) is 22.0 Å². The van der Waals surface area contributed by atoms with Crippen molar-refractivity contribution in [1.82, 2.24) is 14.9 Å². The summed E-state index contributed by atoms with van der Waals surface area (Å²) >= 11 is 0. The number of pyridine rings is 1. The highest BCUT2D eigenvalue weighted by molar-refractivity contribution is 6.09. The Kier molecular flexibility index (Phi) is 8.81. The lowest BCUT2D eigenvalue weighted by Crippen LogP contribution is -2.49. The number of nitrogens with one attached hydrogen (secondary N) is 2. The Morgan fingerprint density at radius 3 is 2.45 bits per heavy atom. The van der Waals surface area contributed by atoms with Gasteiger partial charge in [-0.2, -0.15) is 0 Å². The van der Waals surface area contributed by atoms with E-state index in [0.717, 1.165) is 17.5 Å². The number of carbonyl (C=O) groups excluding carboxylic acids is 2. The van der Waals surface area contributed by atoms with Gasteiger partial charge in [0, 0.05) is 47.7 Å². The van der Waals surface area contributed by atoms with Gasteiger partial charge in [0.2, 0.25) is 5.88 Å². The first kappa shape index (κ1) is 30.4. The number of carbonyl (C=O) groups is 2. The van der Waals surface area contributed by atoms with E-state index in [-0.39, 0.29) is 11.5 Å². The van der Waals surface area contributed by atoms with Crippen molar-refractivity contribution < 1.29 is 32.6 Å². The van der Waals surface area contributed by atoms with Crippen LogP contribution in [0.15, 0.2) is 48.8 Å². The van der Waals surface area contributed by atoms with E-state index in [2.05, 4.69) is 15.6 Å². The van der Waals surface area contributed by atoms with E-state index in [9.17, 15) is 18.4 Å². The Bertz CT molecular complexity index is 1640. The Labute approximate surface area is 242 Å². The van der Waals surface area contributed by atoms with Gasteiger partial charge < -0.3 is 24.1 Å². The standard InChI is InChI=1S/C31H34F2N4O5/c1-8-34-26(30(39)42-31(3,4)5)28(38)36-23-15-20(21-16-37(6)27-19(21)11-12-35-29(27)40-7)25(13-17(23)2)41-24-10-9-18(32)14-22(24)33/h9-16,26,34H,8H2,1-7H3,(H,36,38). The number of aryl methyl sites for hydroxylation is 2. The number of aromatic nitrogens is 2. The van der Waals surface area contributed by atoms with E-state index in [1.54, 1.807) is 59.0 Å². The number of likely N-dealkylation sites (N-methyl/N-ethyl adjacent to an activating group) is 1. The molecule has 4 aromatic rings. The van der Waals surface area contributed by atoms with Gasteiger partial charge in [-0.1, -0.05) is 6.92 Å². The number of halogens is 2. The molecule has 1 unspecified atom stereocenters. The monoisotopic (exact) mass is 580 g/mol. The van der Waals surface area contributed by atoms with Gasteiger partial charge in [0.25, 0.3) is 5.91 Å². The molecule has 222 valence electrons. The minimum absolute atomic E-state index is 0.176. The Morgan fingerprint density at radius 2 is 1.81 bits per heavy atom. The summed E-state index contributed by atoms with van der Waals surface area (Å²) in [6.07, 6.45) is 3.44. The van der Waals surface area contributed by atoms with E-state index in [1.165, 1.54) is 13.2 Å². The lowest BCUT2D eigenvalue weighted by molar-refractivity contribution is -0.158. The smallest absolute Gasteiger partial charge is 0.333 e. The molecule has 2 aromatic carbocycles. The van der Waals surface area contributed by atoms with Crippen LogP contribution in [0.4, 0.5) is 14.5 Å². The van der Waals surface area contributed by atoms with Crippen molar-refractivity contribution in [3.63, 3.8) is 0 Å². The summed E-state index contributed by atoms with van der Waals surface area (Å²) in [5.41, 5.74) is 2.06. The predicted molar refractivity (Wildman–Crippen MR) is 156 cm³/mol. The van der Waals surface area contributed by atoms with Gasteiger partial charge in [-0.3, -0.25) is 10.1 Å². The molecule has 0 aliphatic carbocycles. The molecule has 1 atom stereocenters. The number of rotatable bonds is 9. The molecular formula is C31H34F2N4O5. The molecule has 11 heteroatoms. The first-order chi connectivity index (χ1) is 19.8. The maximum absolute atomic E-state index is 14.6. The molecule has 2 heterocycles. The lowest BCUT2D eigenvalue weighted by Gasteiger charge is -2.24. The molecule has 0 bridgehead atoms. The maximum Gasteiger partial charge on any atom is 0.333 e. The van der Waals surface area contributed by atoms with Crippen LogP contribution in [0.5, 0.6) is 17.4 Å². The minimum atomic E-state index is -1.26. The van der Waals surface area contributed by atoms with Crippen molar-refractivity contribution in [2.24, 2.45) is 7.05 Å². The predicted octanol–water partition coefficient (Wildman–Crippen LogP) is 5.89. The number of amides is 1. The summed E-state index contributed by atoms with van der Waals surface area (Å²) < 4.78 is 46.9. The molecule has 0 radical (unpaired) electrons. The van der Waals surface area contributed by atoms with Crippen LogP contribution >= 0.6 is 0 Å². The number of methoxy groups -OCH3 is 1. The second kappa shape index (κ2) is 12.2. The SMILES string of the molecule is CCNC(C(=O)Nc1cc(-c2cn(C)c3c(OC)nccc23)c(Oc2ccc(F)cc2F)cc1C)C(=O)OC(C)(C)C. The number of ether oxygens (including phenoxy) is 3. The fraction of sp³-hybridized carbons (Fsp3) is 0.323. The molecule has 0 spiro atoms. The Balaban J connectivity index is 1.83. The molecule has 2 aromatic heterocycles.